The van der Waals surface area contributed by atoms with Crippen molar-refractivity contribution in [3.8, 4) is 0 Å². The molecule has 1 aliphatic carbocycles. The molecule has 0 bridgehead atoms. The van der Waals surface area contributed by atoms with Crippen molar-refractivity contribution in [1.29, 1.82) is 0 Å². The fraction of sp³-hybridized carbons (Fsp3) is 0.429. The Bertz CT molecular complexity index is 297. The molecule has 0 aliphatic heterocycles. The maximum Gasteiger partial charge on any atom is -0.0204 e. The molecule has 0 heteroatoms. The molecule has 0 unspecified atom stereocenters. The number of benzene rings is 1. The fourth-order valence-electron chi connectivity index (χ4n) is 2.26. The first kappa shape index (κ1) is 9.51. The predicted octanol–water partition coefficient (Wildman–Crippen LogP) is 4.14. The zero-order valence-corrected chi connectivity index (χ0v) is 8.82. The highest BCUT2D eigenvalue weighted by atomic mass is 14.2. The van der Waals surface area contributed by atoms with Crippen LogP contribution in [-0.2, 0) is 0 Å². The van der Waals surface area contributed by atoms with Crippen LogP contribution in [0.2, 0.25) is 0 Å². The first-order valence-electron chi connectivity index (χ1n) is 5.59. The first-order chi connectivity index (χ1) is 6.86. The molecule has 0 spiro atoms. The molecule has 1 aromatic carbocycles. The van der Waals surface area contributed by atoms with E-state index in [4.69, 9.17) is 0 Å². The van der Waals surface area contributed by atoms with Crippen molar-refractivity contribution in [3.63, 3.8) is 0 Å². The Balaban J connectivity index is 2.00. The maximum absolute atomic E-state index is 2.40. The molecular weight excluding hydrogens is 168 g/mol. The molecule has 0 N–H and O–H groups in total. The van der Waals surface area contributed by atoms with Crippen LogP contribution >= 0.6 is 0 Å². The minimum atomic E-state index is 0.815. The molecule has 0 aromatic heterocycles. The average molecular weight is 186 g/mol. The van der Waals surface area contributed by atoms with E-state index in [1.54, 1.807) is 0 Å². The van der Waals surface area contributed by atoms with Gasteiger partial charge in [-0.1, -0.05) is 62.2 Å². The predicted molar refractivity (Wildman–Crippen MR) is 62.0 cm³/mol. The molecule has 2 rings (SSSR count). The van der Waals surface area contributed by atoms with Gasteiger partial charge < -0.3 is 0 Å². The van der Waals surface area contributed by atoms with Gasteiger partial charge in [0.05, 0.1) is 0 Å². The van der Waals surface area contributed by atoms with Gasteiger partial charge in [-0.05, 0) is 23.8 Å². The van der Waals surface area contributed by atoms with Gasteiger partial charge in [0.1, 0.15) is 0 Å². The molecule has 0 amide bonds. The molecular formula is C14H18. The summed E-state index contributed by atoms with van der Waals surface area (Å²) >= 11 is 0. The van der Waals surface area contributed by atoms with Crippen LogP contribution in [0.5, 0.6) is 0 Å². The Hall–Kier alpha value is -1.04. The fourth-order valence-corrected chi connectivity index (χ4v) is 2.26. The van der Waals surface area contributed by atoms with Crippen LogP contribution in [-0.4, -0.2) is 0 Å². The molecule has 0 radical (unpaired) electrons. The van der Waals surface area contributed by atoms with Gasteiger partial charge in [-0.2, -0.15) is 0 Å². The summed E-state index contributed by atoms with van der Waals surface area (Å²) < 4.78 is 0. The smallest absolute Gasteiger partial charge is 0.0204 e. The van der Waals surface area contributed by atoms with Crippen LogP contribution < -0.4 is 0 Å². The highest BCUT2D eigenvalue weighted by Gasteiger charge is 2.20. The van der Waals surface area contributed by atoms with Gasteiger partial charge in [-0.3, -0.25) is 0 Å². The molecule has 1 aliphatic rings. The quantitative estimate of drug-likeness (QED) is 0.651. The van der Waals surface area contributed by atoms with Gasteiger partial charge in [0.15, 0.2) is 0 Å². The summed E-state index contributed by atoms with van der Waals surface area (Å²) in [4.78, 5) is 0. The molecule has 1 aromatic rings. The summed E-state index contributed by atoms with van der Waals surface area (Å²) in [5, 5.41) is 0. The van der Waals surface area contributed by atoms with E-state index in [9.17, 15) is 0 Å². The topological polar surface area (TPSA) is 0 Å². The summed E-state index contributed by atoms with van der Waals surface area (Å²) in [5.74, 6) is 1.70. The SMILES string of the molecule is C[C@@H]1CCC[C@H]1C=Cc1ccccc1. The van der Waals surface area contributed by atoms with Crippen LogP contribution in [0.1, 0.15) is 31.7 Å². The van der Waals surface area contributed by atoms with Crippen LogP contribution in [0.3, 0.4) is 0 Å². The first-order valence-corrected chi connectivity index (χ1v) is 5.59. The lowest BCUT2D eigenvalue weighted by Crippen LogP contribution is -1.98. The maximum atomic E-state index is 2.40. The van der Waals surface area contributed by atoms with Crippen molar-refractivity contribution in [2.24, 2.45) is 11.8 Å². The van der Waals surface area contributed by atoms with E-state index in [-0.39, 0.29) is 0 Å². The van der Waals surface area contributed by atoms with E-state index in [1.807, 2.05) is 0 Å². The summed E-state index contributed by atoms with van der Waals surface area (Å²) in [6.07, 6.45) is 8.86. The minimum Gasteiger partial charge on any atom is -0.0806 e. The standard InChI is InChI=1S/C14H18/c1-12-6-5-9-14(12)11-10-13-7-3-2-4-8-13/h2-4,7-8,10-12,14H,5-6,9H2,1H3/t12-,14+/m1/s1. The largest absolute Gasteiger partial charge is 0.0806 e. The van der Waals surface area contributed by atoms with Crippen LogP contribution in [0, 0.1) is 11.8 Å². The second-order valence-corrected chi connectivity index (χ2v) is 4.34. The van der Waals surface area contributed by atoms with Crippen LogP contribution in [0.25, 0.3) is 6.08 Å². The zero-order valence-electron chi connectivity index (χ0n) is 8.82. The molecule has 2 atom stereocenters. The van der Waals surface area contributed by atoms with Crippen molar-refractivity contribution in [3.05, 3.63) is 42.0 Å². The Morgan fingerprint density at radius 3 is 2.57 bits per heavy atom. The summed E-state index contributed by atoms with van der Waals surface area (Å²) in [5.41, 5.74) is 1.33. The van der Waals surface area contributed by atoms with Crippen molar-refractivity contribution < 1.29 is 0 Å². The molecule has 0 nitrogen and oxygen atoms in total. The third-order valence-corrected chi connectivity index (χ3v) is 3.26. The normalized spacial score (nSPS) is 27.2. The summed E-state index contributed by atoms with van der Waals surface area (Å²) in [6.45, 7) is 2.37. The number of rotatable bonds is 2. The Labute approximate surface area is 86.7 Å². The summed E-state index contributed by atoms with van der Waals surface area (Å²) in [6, 6.07) is 10.6. The highest BCUT2D eigenvalue weighted by Crippen LogP contribution is 2.32. The average Bonchev–Trinajstić information content (AvgIpc) is 2.63. The van der Waals surface area contributed by atoms with Gasteiger partial charge in [0.2, 0.25) is 0 Å². The number of hydrogen-bond donors (Lipinski definition) is 0. The summed E-state index contributed by atoms with van der Waals surface area (Å²) in [7, 11) is 0. The van der Waals surface area contributed by atoms with Crippen LogP contribution in [0.15, 0.2) is 36.4 Å². The van der Waals surface area contributed by atoms with E-state index < -0.39 is 0 Å². The second kappa shape index (κ2) is 4.45. The van der Waals surface area contributed by atoms with Crippen LogP contribution in [0.4, 0.5) is 0 Å². The molecule has 74 valence electrons. The molecule has 1 saturated carbocycles. The van der Waals surface area contributed by atoms with Crippen molar-refractivity contribution in [1.82, 2.24) is 0 Å². The van der Waals surface area contributed by atoms with Gasteiger partial charge in [0, 0.05) is 0 Å². The van der Waals surface area contributed by atoms with Gasteiger partial charge in [-0.25, -0.2) is 0 Å². The Morgan fingerprint density at radius 1 is 1.14 bits per heavy atom. The number of hydrogen-bond acceptors (Lipinski definition) is 0. The minimum absolute atomic E-state index is 0.815. The van der Waals surface area contributed by atoms with E-state index in [2.05, 4.69) is 49.4 Å². The van der Waals surface area contributed by atoms with E-state index in [0.29, 0.717) is 0 Å². The second-order valence-electron chi connectivity index (χ2n) is 4.34. The zero-order chi connectivity index (χ0) is 9.80. The third kappa shape index (κ3) is 2.25. The molecule has 0 saturated heterocycles. The van der Waals surface area contributed by atoms with Crippen molar-refractivity contribution in [2.75, 3.05) is 0 Å². The van der Waals surface area contributed by atoms with Crippen molar-refractivity contribution >= 4 is 6.08 Å². The van der Waals surface area contributed by atoms with Crippen molar-refractivity contribution in [2.45, 2.75) is 26.2 Å². The Morgan fingerprint density at radius 2 is 1.93 bits per heavy atom. The molecule has 14 heavy (non-hydrogen) atoms. The lowest BCUT2D eigenvalue weighted by atomic mass is 9.97. The van der Waals surface area contributed by atoms with Gasteiger partial charge in [0.25, 0.3) is 0 Å². The monoisotopic (exact) mass is 186 g/mol. The van der Waals surface area contributed by atoms with E-state index >= 15 is 0 Å². The van der Waals surface area contributed by atoms with E-state index in [0.717, 1.165) is 11.8 Å². The lowest BCUT2D eigenvalue weighted by molar-refractivity contribution is 0.505. The number of allylic oxidation sites excluding steroid dienone is 1. The Kier molecular flexibility index (Phi) is 3.03. The lowest BCUT2D eigenvalue weighted by Gasteiger charge is -2.08. The molecule has 0 heterocycles. The van der Waals surface area contributed by atoms with E-state index in [1.165, 1.54) is 24.8 Å². The third-order valence-electron chi connectivity index (χ3n) is 3.26. The van der Waals surface area contributed by atoms with Gasteiger partial charge in [-0.15, -0.1) is 0 Å². The molecule has 1 fully saturated rings. The van der Waals surface area contributed by atoms with Gasteiger partial charge >= 0.3 is 0 Å². The highest BCUT2D eigenvalue weighted by molar-refractivity contribution is 5.49.